The monoisotopic (exact) mass is 446 g/mol. The number of hydrogen-bond acceptors (Lipinski definition) is 2. The van der Waals surface area contributed by atoms with Gasteiger partial charge < -0.3 is 4.90 Å². The summed E-state index contributed by atoms with van der Waals surface area (Å²) in [5.74, 6) is -0.0725. The number of aromatic nitrogens is 1. The van der Waals surface area contributed by atoms with Crippen molar-refractivity contribution in [1.29, 1.82) is 0 Å². The SMILES string of the molecule is C=C(/C=C(\C)Cc1cnc(/C=C(\C)P)c(C)c1)C(=O)N(C)Cc1ccc(C(=C)C)c(C)c1. The number of benzene rings is 1. The van der Waals surface area contributed by atoms with E-state index in [0.717, 1.165) is 50.8 Å². The van der Waals surface area contributed by atoms with Gasteiger partial charge in [0, 0.05) is 25.4 Å². The Hall–Kier alpha value is -2.77. The number of likely N-dealkylation sites (N-methyl/N-ethyl adjacent to an activating group) is 1. The molecule has 0 aliphatic heterocycles. The van der Waals surface area contributed by atoms with E-state index in [1.807, 2.05) is 40.1 Å². The van der Waals surface area contributed by atoms with Crippen molar-refractivity contribution >= 4 is 26.8 Å². The number of carbonyl (C=O) groups excluding carboxylic acids is 1. The van der Waals surface area contributed by atoms with Crippen LogP contribution in [0.2, 0.25) is 0 Å². The topological polar surface area (TPSA) is 33.2 Å². The lowest BCUT2D eigenvalue weighted by Crippen LogP contribution is -2.27. The van der Waals surface area contributed by atoms with Gasteiger partial charge in [-0.25, -0.2) is 0 Å². The number of rotatable bonds is 8. The van der Waals surface area contributed by atoms with E-state index in [2.05, 4.69) is 71.6 Å². The first-order valence-corrected chi connectivity index (χ1v) is 11.3. The van der Waals surface area contributed by atoms with E-state index in [-0.39, 0.29) is 5.91 Å². The van der Waals surface area contributed by atoms with Crippen molar-refractivity contribution in [3.8, 4) is 0 Å². The van der Waals surface area contributed by atoms with E-state index in [1.165, 1.54) is 5.56 Å². The van der Waals surface area contributed by atoms with Gasteiger partial charge >= 0.3 is 0 Å². The molecule has 0 fully saturated rings. The molecule has 1 unspecified atom stereocenters. The van der Waals surface area contributed by atoms with Crippen molar-refractivity contribution in [2.75, 3.05) is 7.05 Å². The van der Waals surface area contributed by atoms with Gasteiger partial charge in [-0.3, -0.25) is 9.78 Å². The standard InChI is InChI=1S/C28H35N2OP/c1-18(2)26-10-9-24(13-20(26)4)17-30(8)28(31)22(6)11-19(3)12-25-14-21(5)27(29-16-25)15-23(7)32/h9-11,13-16H,1,6,12,17,32H2,2-5,7-8H3/b19-11+,23-15+. The molecule has 32 heavy (non-hydrogen) atoms. The second-order valence-electron chi connectivity index (χ2n) is 8.72. The van der Waals surface area contributed by atoms with Crippen LogP contribution in [0.25, 0.3) is 11.6 Å². The third-order valence-corrected chi connectivity index (χ3v) is 5.40. The molecule has 1 aromatic heterocycles. The van der Waals surface area contributed by atoms with Gasteiger partial charge in [-0.15, -0.1) is 9.24 Å². The molecule has 0 bridgehead atoms. The first kappa shape index (κ1) is 25.5. The average molecular weight is 447 g/mol. The van der Waals surface area contributed by atoms with Gasteiger partial charge in [0.1, 0.15) is 0 Å². The summed E-state index contributed by atoms with van der Waals surface area (Å²) in [5, 5.41) is 1.14. The lowest BCUT2D eigenvalue weighted by Gasteiger charge is -2.19. The Morgan fingerprint density at radius 2 is 1.75 bits per heavy atom. The lowest BCUT2D eigenvalue weighted by atomic mass is 10.00. The Balaban J connectivity index is 2.04. The molecule has 4 heteroatoms. The van der Waals surface area contributed by atoms with Gasteiger partial charge in [0.2, 0.25) is 0 Å². The zero-order valence-corrected chi connectivity index (χ0v) is 21.4. The van der Waals surface area contributed by atoms with Crippen LogP contribution in [0.3, 0.4) is 0 Å². The maximum atomic E-state index is 12.8. The number of nitrogens with zero attached hydrogens (tertiary/aromatic N) is 2. The maximum absolute atomic E-state index is 12.8. The molecule has 2 rings (SSSR count). The highest BCUT2D eigenvalue weighted by Crippen LogP contribution is 2.20. The summed E-state index contributed by atoms with van der Waals surface area (Å²) in [4.78, 5) is 19.1. The van der Waals surface area contributed by atoms with Crippen molar-refractivity contribution in [2.45, 2.75) is 47.6 Å². The van der Waals surface area contributed by atoms with E-state index in [4.69, 9.17) is 0 Å². The highest BCUT2D eigenvalue weighted by atomic mass is 31.0. The predicted molar refractivity (Wildman–Crippen MR) is 141 cm³/mol. The highest BCUT2D eigenvalue weighted by molar-refractivity contribution is 7.22. The van der Waals surface area contributed by atoms with Crippen LogP contribution in [0.5, 0.6) is 0 Å². The number of allylic oxidation sites excluding steroid dienone is 3. The summed E-state index contributed by atoms with van der Waals surface area (Å²) in [5.41, 5.74) is 9.27. The van der Waals surface area contributed by atoms with Crippen molar-refractivity contribution in [1.82, 2.24) is 9.88 Å². The second kappa shape index (κ2) is 11.2. The number of amides is 1. The van der Waals surface area contributed by atoms with Crippen LogP contribution >= 0.6 is 9.24 Å². The summed E-state index contributed by atoms with van der Waals surface area (Å²) >= 11 is 0. The first-order valence-electron chi connectivity index (χ1n) is 10.7. The Bertz CT molecular complexity index is 1100. The quantitative estimate of drug-likeness (QED) is 0.258. The minimum Gasteiger partial charge on any atom is -0.337 e. The number of aryl methyl sites for hydroxylation is 2. The van der Waals surface area contributed by atoms with Gasteiger partial charge in [-0.1, -0.05) is 60.0 Å². The molecule has 1 heterocycles. The van der Waals surface area contributed by atoms with E-state index >= 15 is 0 Å². The molecule has 3 nitrogen and oxygen atoms in total. The van der Waals surface area contributed by atoms with E-state index in [1.54, 1.807) is 4.90 Å². The molecular formula is C28H35N2OP. The van der Waals surface area contributed by atoms with Crippen LogP contribution < -0.4 is 0 Å². The smallest absolute Gasteiger partial charge is 0.253 e. The Kier molecular flexibility index (Phi) is 8.92. The normalized spacial score (nSPS) is 12.0. The van der Waals surface area contributed by atoms with Crippen LogP contribution in [-0.4, -0.2) is 22.8 Å². The fourth-order valence-corrected chi connectivity index (χ4v) is 3.89. The Morgan fingerprint density at radius 1 is 1.09 bits per heavy atom. The van der Waals surface area contributed by atoms with Gasteiger partial charge in [0.25, 0.3) is 5.91 Å². The molecule has 0 aliphatic rings. The van der Waals surface area contributed by atoms with Crippen molar-refractivity contribution in [3.05, 3.63) is 99.7 Å². The van der Waals surface area contributed by atoms with Gasteiger partial charge in [-0.05, 0) is 74.9 Å². The van der Waals surface area contributed by atoms with Crippen molar-refractivity contribution < 1.29 is 4.79 Å². The van der Waals surface area contributed by atoms with Crippen molar-refractivity contribution in [2.24, 2.45) is 0 Å². The summed E-state index contributed by atoms with van der Waals surface area (Å²) in [6, 6.07) is 8.39. The van der Waals surface area contributed by atoms with Crippen LogP contribution in [0.4, 0.5) is 0 Å². The molecule has 0 N–H and O–H groups in total. The van der Waals surface area contributed by atoms with Gasteiger partial charge in [0.05, 0.1) is 5.69 Å². The number of carbonyl (C=O) groups is 1. The van der Waals surface area contributed by atoms with Crippen LogP contribution in [0.1, 0.15) is 54.3 Å². The zero-order valence-electron chi connectivity index (χ0n) is 20.2. The molecule has 0 radical (unpaired) electrons. The highest BCUT2D eigenvalue weighted by Gasteiger charge is 2.13. The first-order chi connectivity index (χ1) is 15.0. The molecular weight excluding hydrogens is 411 g/mol. The molecule has 0 aliphatic carbocycles. The van der Waals surface area contributed by atoms with Crippen LogP contribution in [0.15, 0.2) is 66.2 Å². The zero-order chi connectivity index (χ0) is 24.0. The van der Waals surface area contributed by atoms with E-state index in [9.17, 15) is 4.79 Å². The number of hydrogen-bond donors (Lipinski definition) is 0. The fraction of sp³-hybridized carbons (Fsp3) is 0.286. The summed E-state index contributed by atoms with van der Waals surface area (Å²) in [7, 11) is 4.50. The minimum atomic E-state index is -0.0725. The summed E-state index contributed by atoms with van der Waals surface area (Å²) < 4.78 is 0. The fourth-order valence-electron chi connectivity index (χ4n) is 3.73. The van der Waals surface area contributed by atoms with Crippen LogP contribution in [-0.2, 0) is 17.8 Å². The summed E-state index contributed by atoms with van der Waals surface area (Å²) in [6.07, 6.45) is 6.56. The number of pyridine rings is 1. The molecule has 1 amide bonds. The van der Waals surface area contributed by atoms with Gasteiger partial charge in [-0.2, -0.15) is 0 Å². The molecule has 1 aromatic carbocycles. The largest absolute Gasteiger partial charge is 0.337 e. The molecule has 1 atom stereocenters. The van der Waals surface area contributed by atoms with Gasteiger partial charge in [0.15, 0.2) is 0 Å². The van der Waals surface area contributed by atoms with E-state index < -0.39 is 0 Å². The third-order valence-electron chi connectivity index (χ3n) is 5.24. The average Bonchev–Trinajstić information content (AvgIpc) is 2.68. The molecule has 0 saturated carbocycles. The summed E-state index contributed by atoms with van der Waals surface area (Å²) in [6.45, 7) is 18.8. The third kappa shape index (κ3) is 7.14. The molecule has 168 valence electrons. The molecule has 2 aromatic rings. The minimum absolute atomic E-state index is 0.0725. The predicted octanol–water partition coefficient (Wildman–Crippen LogP) is 6.67. The van der Waals surface area contributed by atoms with E-state index in [0.29, 0.717) is 12.1 Å². The maximum Gasteiger partial charge on any atom is 0.253 e. The Labute approximate surface area is 195 Å². The molecule has 0 spiro atoms. The van der Waals surface area contributed by atoms with Crippen molar-refractivity contribution in [3.63, 3.8) is 0 Å². The van der Waals surface area contributed by atoms with Crippen LogP contribution in [0, 0.1) is 13.8 Å². The second-order valence-corrected chi connectivity index (χ2v) is 9.63. The Morgan fingerprint density at radius 3 is 2.31 bits per heavy atom. The lowest BCUT2D eigenvalue weighted by molar-refractivity contribution is -0.126. The molecule has 0 saturated heterocycles.